The number of nitrogens with zero attached hydrogens (tertiary/aromatic N) is 3. The van der Waals surface area contributed by atoms with Gasteiger partial charge in [-0.25, -0.2) is 0 Å². The van der Waals surface area contributed by atoms with Crippen LogP contribution in [0.4, 0.5) is 0 Å². The zero-order chi connectivity index (χ0) is 22.8. The minimum absolute atomic E-state index is 0.113. The summed E-state index contributed by atoms with van der Waals surface area (Å²) >= 11 is 0. The van der Waals surface area contributed by atoms with Gasteiger partial charge in [0, 0.05) is 16.8 Å². The van der Waals surface area contributed by atoms with Crippen molar-refractivity contribution in [1.82, 2.24) is 14.8 Å². The van der Waals surface area contributed by atoms with Gasteiger partial charge in [0.1, 0.15) is 0 Å². The van der Waals surface area contributed by atoms with Gasteiger partial charge in [-0.3, -0.25) is 4.57 Å². The summed E-state index contributed by atoms with van der Waals surface area (Å²) in [6.45, 7) is 6.69. The molecule has 33 heavy (non-hydrogen) atoms. The van der Waals surface area contributed by atoms with Crippen molar-refractivity contribution in [2.45, 2.75) is 39.0 Å². The Morgan fingerprint density at radius 2 is 1.24 bits per heavy atom. The maximum absolute atomic E-state index is 4.64. The van der Waals surface area contributed by atoms with E-state index in [4.69, 9.17) is 0 Å². The fourth-order valence-corrected chi connectivity index (χ4v) is 4.24. The first-order valence-electron chi connectivity index (χ1n) is 11.6. The molecule has 1 aliphatic carbocycles. The summed E-state index contributed by atoms with van der Waals surface area (Å²) in [6.07, 6.45) is 8.99. The molecule has 0 N–H and O–H groups in total. The summed E-state index contributed by atoms with van der Waals surface area (Å²) in [7, 11) is 0. The Kier molecular flexibility index (Phi) is 5.55. The van der Waals surface area contributed by atoms with Crippen LogP contribution in [0, 0.1) is 0 Å². The third kappa shape index (κ3) is 4.31. The molecule has 3 aromatic carbocycles. The van der Waals surface area contributed by atoms with E-state index in [9.17, 15) is 0 Å². The van der Waals surface area contributed by atoms with Crippen LogP contribution in [-0.2, 0) is 5.41 Å². The Morgan fingerprint density at radius 3 is 1.79 bits per heavy atom. The van der Waals surface area contributed by atoms with Crippen LogP contribution in [0.15, 0.2) is 97.1 Å². The highest BCUT2D eigenvalue weighted by Crippen LogP contribution is 2.31. The number of benzene rings is 3. The summed E-state index contributed by atoms with van der Waals surface area (Å²) in [4.78, 5) is 0. The quantitative estimate of drug-likeness (QED) is 0.332. The molecule has 164 valence electrons. The van der Waals surface area contributed by atoms with E-state index in [2.05, 4.69) is 127 Å². The SMILES string of the molecule is CC(C)(C)c1ccc(-c2nnc(-c3ccc(C4=CCCC=C4)cc3)n2-c2ccccc2)cc1. The van der Waals surface area contributed by atoms with Gasteiger partial charge in [0.2, 0.25) is 0 Å². The van der Waals surface area contributed by atoms with Gasteiger partial charge < -0.3 is 0 Å². The predicted octanol–water partition coefficient (Wildman–Crippen LogP) is 7.63. The second-order valence-electron chi connectivity index (χ2n) is 9.56. The average molecular weight is 432 g/mol. The minimum atomic E-state index is 0.113. The van der Waals surface area contributed by atoms with Crippen molar-refractivity contribution < 1.29 is 0 Å². The van der Waals surface area contributed by atoms with Crippen molar-refractivity contribution >= 4 is 5.57 Å². The topological polar surface area (TPSA) is 30.7 Å². The third-order valence-corrected chi connectivity index (χ3v) is 6.16. The molecule has 0 aliphatic heterocycles. The highest BCUT2D eigenvalue weighted by atomic mass is 15.3. The van der Waals surface area contributed by atoms with E-state index in [-0.39, 0.29) is 5.41 Å². The number of rotatable bonds is 4. The van der Waals surface area contributed by atoms with Crippen molar-refractivity contribution in [2.24, 2.45) is 0 Å². The van der Waals surface area contributed by atoms with Gasteiger partial charge >= 0.3 is 0 Å². The summed E-state index contributed by atoms with van der Waals surface area (Å²) in [5.41, 5.74) is 7.10. The molecule has 1 aliphatic rings. The van der Waals surface area contributed by atoms with E-state index >= 15 is 0 Å². The molecule has 0 saturated carbocycles. The maximum Gasteiger partial charge on any atom is 0.168 e. The molecule has 0 spiro atoms. The molecular weight excluding hydrogens is 402 g/mol. The van der Waals surface area contributed by atoms with E-state index in [1.807, 2.05) is 6.07 Å². The normalized spacial score (nSPS) is 13.7. The first kappa shape index (κ1) is 21.1. The number of aromatic nitrogens is 3. The minimum Gasteiger partial charge on any atom is -0.275 e. The highest BCUT2D eigenvalue weighted by Gasteiger charge is 2.19. The Labute approximate surface area is 196 Å². The molecule has 3 nitrogen and oxygen atoms in total. The monoisotopic (exact) mass is 431 g/mol. The third-order valence-electron chi connectivity index (χ3n) is 6.16. The Bertz CT molecular complexity index is 1300. The Balaban J connectivity index is 1.58. The molecule has 1 heterocycles. The van der Waals surface area contributed by atoms with Gasteiger partial charge in [-0.1, -0.05) is 106 Å². The lowest BCUT2D eigenvalue weighted by atomic mass is 9.86. The van der Waals surface area contributed by atoms with Gasteiger partial charge in [0.25, 0.3) is 0 Å². The van der Waals surface area contributed by atoms with E-state index in [1.54, 1.807) is 0 Å². The van der Waals surface area contributed by atoms with Crippen molar-refractivity contribution in [1.29, 1.82) is 0 Å². The summed E-state index contributed by atoms with van der Waals surface area (Å²) in [5, 5.41) is 9.27. The zero-order valence-electron chi connectivity index (χ0n) is 19.5. The largest absolute Gasteiger partial charge is 0.275 e. The number of para-hydroxylation sites is 1. The molecule has 3 heteroatoms. The fraction of sp³-hybridized carbons (Fsp3) is 0.200. The molecule has 0 amide bonds. The van der Waals surface area contributed by atoms with Gasteiger partial charge in [-0.05, 0) is 47.1 Å². The Hall–Kier alpha value is -3.72. The van der Waals surface area contributed by atoms with Gasteiger partial charge in [-0.2, -0.15) is 0 Å². The van der Waals surface area contributed by atoms with Crippen LogP contribution in [0.5, 0.6) is 0 Å². The molecule has 0 fully saturated rings. The van der Waals surface area contributed by atoms with Crippen molar-refractivity contribution in [3.63, 3.8) is 0 Å². The molecule has 0 unspecified atom stereocenters. The summed E-state index contributed by atoms with van der Waals surface area (Å²) in [6, 6.07) is 27.7. The Morgan fingerprint density at radius 1 is 0.667 bits per heavy atom. The molecule has 4 aromatic rings. The van der Waals surface area contributed by atoms with Crippen molar-refractivity contribution in [2.75, 3.05) is 0 Å². The maximum atomic E-state index is 4.64. The second-order valence-corrected chi connectivity index (χ2v) is 9.56. The van der Waals surface area contributed by atoms with E-state index in [0.29, 0.717) is 0 Å². The van der Waals surface area contributed by atoms with Gasteiger partial charge in [0.15, 0.2) is 11.6 Å². The first-order chi connectivity index (χ1) is 16.0. The van der Waals surface area contributed by atoms with Crippen LogP contribution in [-0.4, -0.2) is 14.8 Å². The highest BCUT2D eigenvalue weighted by molar-refractivity contribution is 5.76. The van der Waals surface area contributed by atoms with Gasteiger partial charge in [0.05, 0.1) is 0 Å². The van der Waals surface area contributed by atoms with Crippen molar-refractivity contribution in [3.8, 4) is 28.5 Å². The lowest BCUT2D eigenvalue weighted by Crippen LogP contribution is -2.10. The predicted molar refractivity (Wildman–Crippen MR) is 137 cm³/mol. The molecule has 0 radical (unpaired) electrons. The lowest BCUT2D eigenvalue weighted by molar-refractivity contribution is 0.590. The number of allylic oxidation sites excluding steroid dienone is 4. The van der Waals surface area contributed by atoms with Crippen LogP contribution < -0.4 is 0 Å². The van der Waals surface area contributed by atoms with E-state index in [0.717, 1.165) is 41.3 Å². The fourth-order valence-electron chi connectivity index (χ4n) is 4.24. The summed E-state index contributed by atoms with van der Waals surface area (Å²) in [5.74, 6) is 1.69. The summed E-state index contributed by atoms with van der Waals surface area (Å²) < 4.78 is 2.15. The zero-order valence-corrected chi connectivity index (χ0v) is 19.5. The van der Waals surface area contributed by atoms with E-state index in [1.165, 1.54) is 16.7 Å². The second kappa shape index (κ2) is 8.67. The van der Waals surface area contributed by atoms with Gasteiger partial charge in [-0.15, -0.1) is 10.2 Å². The molecule has 0 atom stereocenters. The van der Waals surface area contributed by atoms with Crippen LogP contribution >= 0.6 is 0 Å². The smallest absolute Gasteiger partial charge is 0.168 e. The average Bonchev–Trinajstić information content (AvgIpc) is 3.30. The lowest BCUT2D eigenvalue weighted by Gasteiger charge is -2.19. The molecule has 5 rings (SSSR count). The van der Waals surface area contributed by atoms with E-state index < -0.39 is 0 Å². The standard InChI is InChI=1S/C30H29N3/c1-30(2,3)26-20-18-25(19-21-26)29-32-31-28(33(29)27-12-8-5-9-13-27)24-16-14-23(15-17-24)22-10-6-4-7-11-22/h5-6,8-21H,4,7H2,1-3H3. The number of hydrogen-bond acceptors (Lipinski definition) is 2. The van der Waals surface area contributed by atoms with Crippen LogP contribution in [0.3, 0.4) is 0 Å². The molecular formula is C30H29N3. The molecule has 0 saturated heterocycles. The number of hydrogen-bond donors (Lipinski definition) is 0. The molecule has 1 aromatic heterocycles. The van der Waals surface area contributed by atoms with Crippen molar-refractivity contribution in [3.05, 3.63) is 108 Å². The molecule has 0 bridgehead atoms. The van der Waals surface area contributed by atoms with Crippen LogP contribution in [0.1, 0.15) is 44.7 Å². The van der Waals surface area contributed by atoms with Crippen LogP contribution in [0.25, 0.3) is 34.0 Å². The van der Waals surface area contributed by atoms with Crippen LogP contribution in [0.2, 0.25) is 0 Å². The first-order valence-corrected chi connectivity index (χ1v) is 11.6.